The van der Waals surface area contributed by atoms with Gasteiger partial charge in [0.25, 0.3) is 5.91 Å². The van der Waals surface area contributed by atoms with Gasteiger partial charge in [0.05, 0.1) is 0 Å². The number of carbonyl (C=O) groups excluding carboxylic acids is 2. The summed E-state index contributed by atoms with van der Waals surface area (Å²) in [5.41, 5.74) is 5.14. The lowest BCUT2D eigenvalue weighted by molar-refractivity contribution is 0.0676. The van der Waals surface area contributed by atoms with E-state index in [2.05, 4.69) is 10.3 Å². The monoisotopic (exact) mass is 435 g/mol. The van der Waals surface area contributed by atoms with Crippen molar-refractivity contribution >= 4 is 23.3 Å². The van der Waals surface area contributed by atoms with Crippen LogP contribution in [0.1, 0.15) is 40.0 Å². The molecule has 0 radical (unpaired) electrons. The molecule has 0 aliphatic heterocycles. The molecule has 3 aromatic rings. The highest BCUT2D eigenvalue weighted by Crippen LogP contribution is 2.28. The van der Waals surface area contributed by atoms with Crippen molar-refractivity contribution in [1.29, 1.82) is 0 Å². The zero-order valence-corrected chi connectivity index (χ0v) is 17.8. The zero-order chi connectivity index (χ0) is 22.9. The van der Waals surface area contributed by atoms with Crippen LogP contribution in [-0.4, -0.2) is 35.7 Å². The molecule has 2 aromatic heterocycles. The molecule has 4 N–H and O–H groups in total. The average Bonchev–Trinajstić information content (AvgIpc) is 3.47. The summed E-state index contributed by atoms with van der Waals surface area (Å²) in [6, 6.07) is 14.4. The predicted molar refractivity (Wildman–Crippen MR) is 121 cm³/mol. The number of furan rings is 1. The molecule has 8 nitrogen and oxygen atoms in total. The van der Waals surface area contributed by atoms with Crippen molar-refractivity contribution in [2.45, 2.75) is 13.3 Å². The van der Waals surface area contributed by atoms with Gasteiger partial charge in [-0.15, -0.1) is 0 Å². The van der Waals surface area contributed by atoms with Crippen LogP contribution in [0, 0.1) is 0 Å². The number of rotatable bonds is 9. The van der Waals surface area contributed by atoms with Gasteiger partial charge in [-0.05, 0) is 36.6 Å². The molecule has 0 bridgehead atoms. The second-order valence-electron chi connectivity index (χ2n) is 6.82. The van der Waals surface area contributed by atoms with Gasteiger partial charge in [0.15, 0.2) is 5.76 Å². The Morgan fingerprint density at radius 2 is 1.94 bits per heavy atom. The number of anilines is 1. The van der Waals surface area contributed by atoms with E-state index in [1.54, 1.807) is 7.11 Å². The summed E-state index contributed by atoms with van der Waals surface area (Å²) in [5.74, 6) is -1.30. The van der Waals surface area contributed by atoms with Crippen LogP contribution in [0.25, 0.3) is 16.8 Å². The summed E-state index contributed by atoms with van der Waals surface area (Å²) in [4.78, 5) is 27.8. The molecule has 0 aliphatic carbocycles. The average molecular weight is 435 g/mol. The van der Waals surface area contributed by atoms with E-state index < -0.39 is 11.8 Å². The van der Waals surface area contributed by atoms with Crippen molar-refractivity contribution < 1.29 is 24.0 Å². The van der Waals surface area contributed by atoms with E-state index in [0.717, 1.165) is 28.8 Å². The minimum atomic E-state index is -0.810. The maximum absolute atomic E-state index is 13.1. The molecular weight excluding hydrogens is 410 g/mol. The number of amides is 2. The van der Waals surface area contributed by atoms with Crippen molar-refractivity contribution in [1.82, 2.24) is 10.5 Å². The molecule has 8 heteroatoms. The highest BCUT2D eigenvalue weighted by Gasteiger charge is 2.20. The number of allylic oxidation sites excluding steroid dienone is 3. The van der Waals surface area contributed by atoms with Crippen LogP contribution in [0.3, 0.4) is 0 Å². The van der Waals surface area contributed by atoms with Crippen molar-refractivity contribution in [2.75, 3.05) is 19.0 Å². The van der Waals surface area contributed by atoms with Crippen LogP contribution in [0.4, 0.5) is 5.88 Å². The first-order chi connectivity index (χ1) is 15.6. The molecule has 0 unspecified atom stereocenters. The number of aromatic amines is 1. The molecule has 0 fully saturated rings. The second kappa shape index (κ2) is 10.9. The zero-order valence-electron chi connectivity index (χ0n) is 17.8. The third-order valence-electron chi connectivity index (χ3n) is 4.71. The van der Waals surface area contributed by atoms with Gasteiger partial charge in [-0.25, -0.2) is 5.48 Å². The summed E-state index contributed by atoms with van der Waals surface area (Å²) in [5, 5.41) is 11.4. The largest absolute Gasteiger partial charge is 0.435 e. The first-order valence-electron chi connectivity index (χ1n) is 10.0. The fourth-order valence-electron chi connectivity index (χ4n) is 3.13. The van der Waals surface area contributed by atoms with Crippen LogP contribution < -0.4 is 10.8 Å². The highest BCUT2D eigenvalue weighted by molar-refractivity contribution is 6.07. The number of hydrogen-bond donors (Lipinski definition) is 4. The number of aromatic nitrogens is 1. The Bertz CT molecular complexity index is 1130. The molecule has 1 aromatic carbocycles. The van der Waals surface area contributed by atoms with Crippen LogP contribution in [0.2, 0.25) is 0 Å². The normalized spacial score (nSPS) is 11.7. The molecule has 2 amide bonds. The van der Waals surface area contributed by atoms with E-state index in [4.69, 9.17) is 14.4 Å². The number of nitrogens with one attached hydrogen (secondary N) is 3. The van der Waals surface area contributed by atoms with Gasteiger partial charge in [-0.3, -0.25) is 20.1 Å². The number of H-pyrrole nitrogens is 1. The number of carbonyl (C=O) groups is 2. The molecular formula is C24H25N3O5. The van der Waals surface area contributed by atoms with Crippen molar-refractivity contribution in [3.05, 3.63) is 83.8 Å². The molecule has 0 atom stereocenters. The van der Waals surface area contributed by atoms with Gasteiger partial charge in [0, 0.05) is 31.0 Å². The third-order valence-corrected chi connectivity index (χ3v) is 4.71. The minimum absolute atomic E-state index is 0.0769. The molecule has 3 rings (SSSR count). The van der Waals surface area contributed by atoms with E-state index >= 15 is 0 Å². The SMILES string of the molecule is C/C=C(\C=C/CCOC)c1cc(-c2ccccc2)[nH]c1C(=O)Nc1ccc(C(=O)NO)o1. The summed E-state index contributed by atoms with van der Waals surface area (Å²) >= 11 is 0. The molecule has 0 aliphatic rings. The van der Waals surface area contributed by atoms with Gasteiger partial charge in [-0.1, -0.05) is 48.6 Å². The number of hydrogen-bond acceptors (Lipinski definition) is 5. The maximum Gasteiger partial charge on any atom is 0.310 e. The Hall–Kier alpha value is -3.88. The summed E-state index contributed by atoms with van der Waals surface area (Å²) in [6.07, 6.45) is 6.61. The van der Waals surface area contributed by atoms with Gasteiger partial charge in [0.1, 0.15) is 5.69 Å². The smallest absolute Gasteiger partial charge is 0.310 e. The number of methoxy groups -OCH3 is 1. The van der Waals surface area contributed by atoms with E-state index in [1.807, 2.05) is 61.5 Å². The topological polar surface area (TPSA) is 117 Å². The van der Waals surface area contributed by atoms with Crippen LogP contribution in [0.15, 0.2) is 71.2 Å². The number of hydroxylamine groups is 1. The first-order valence-corrected chi connectivity index (χ1v) is 10.0. The fourth-order valence-corrected chi connectivity index (χ4v) is 3.13. The van der Waals surface area contributed by atoms with Gasteiger partial charge < -0.3 is 14.1 Å². The lowest BCUT2D eigenvalue weighted by atomic mass is 10.0. The standard InChI is InChI=1S/C24H25N3O5/c1-3-16(9-7-8-14-31-2)18-15-19(17-10-5-4-6-11-17)25-22(18)24(29)26-21-13-12-20(32-21)23(28)27-30/h3-7,9-13,15,25,30H,8,14H2,1-2H3,(H,26,29)(H,27,28)/b9-7-,16-3+. The van der Waals surface area contributed by atoms with Gasteiger partial charge >= 0.3 is 5.91 Å². The van der Waals surface area contributed by atoms with E-state index in [-0.39, 0.29) is 11.6 Å². The summed E-state index contributed by atoms with van der Waals surface area (Å²) in [7, 11) is 1.65. The van der Waals surface area contributed by atoms with Crippen molar-refractivity contribution in [3.63, 3.8) is 0 Å². The van der Waals surface area contributed by atoms with Gasteiger partial charge in [-0.2, -0.15) is 0 Å². The van der Waals surface area contributed by atoms with Gasteiger partial charge in [0.2, 0.25) is 5.88 Å². The number of benzene rings is 1. The summed E-state index contributed by atoms with van der Waals surface area (Å²) < 4.78 is 10.4. The molecule has 0 saturated heterocycles. The first kappa shape index (κ1) is 22.8. The molecule has 2 heterocycles. The molecule has 0 spiro atoms. The number of ether oxygens (including phenoxy) is 1. The lowest BCUT2D eigenvalue weighted by Gasteiger charge is -2.05. The Labute approximate surface area is 185 Å². The Morgan fingerprint density at radius 1 is 1.16 bits per heavy atom. The van der Waals surface area contributed by atoms with Crippen molar-refractivity contribution in [3.8, 4) is 11.3 Å². The second-order valence-corrected chi connectivity index (χ2v) is 6.82. The Kier molecular flexibility index (Phi) is 7.80. The third kappa shape index (κ3) is 5.42. The van der Waals surface area contributed by atoms with E-state index in [0.29, 0.717) is 12.3 Å². The predicted octanol–water partition coefficient (Wildman–Crippen LogP) is 4.64. The highest BCUT2D eigenvalue weighted by atomic mass is 16.5. The lowest BCUT2D eigenvalue weighted by Crippen LogP contribution is -2.17. The Morgan fingerprint density at radius 3 is 2.62 bits per heavy atom. The van der Waals surface area contributed by atoms with Crippen LogP contribution in [-0.2, 0) is 4.74 Å². The fraction of sp³-hybridized carbons (Fsp3) is 0.167. The molecule has 0 saturated carbocycles. The van der Waals surface area contributed by atoms with E-state index in [9.17, 15) is 9.59 Å². The van der Waals surface area contributed by atoms with Crippen LogP contribution in [0.5, 0.6) is 0 Å². The minimum Gasteiger partial charge on any atom is -0.435 e. The maximum atomic E-state index is 13.1. The van der Waals surface area contributed by atoms with E-state index in [1.165, 1.54) is 17.6 Å². The molecule has 32 heavy (non-hydrogen) atoms. The Balaban J connectivity index is 1.94. The summed E-state index contributed by atoms with van der Waals surface area (Å²) in [6.45, 7) is 2.50. The van der Waals surface area contributed by atoms with Crippen LogP contribution >= 0.6 is 0 Å². The molecule has 166 valence electrons. The van der Waals surface area contributed by atoms with Crippen molar-refractivity contribution in [2.24, 2.45) is 0 Å². The quantitative estimate of drug-likeness (QED) is 0.169.